The molecule has 0 radical (unpaired) electrons. The first kappa shape index (κ1) is 29.4. The number of benzene rings is 2. The Balaban J connectivity index is 1.45. The highest BCUT2D eigenvalue weighted by Gasteiger charge is 2.76. The number of piperidine rings is 1. The lowest BCUT2D eigenvalue weighted by atomic mass is 9.86. The number of carbonyl (C=O) groups excluding carboxylic acids is 3. The molecule has 42 heavy (non-hydrogen) atoms. The van der Waals surface area contributed by atoms with E-state index >= 15 is 4.39 Å². The Bertz CT molecular complexity index is 1490. The number of phenols is 3. The van der Waals surface area contributed by atoms with E-state index in [9.17, 15) is 55.2 Å². The van der Waals surface area contributed by atoms with Crippen LogP contribution in [0.2, 0.25) is 0 Å². The van der Waals surface area contributed by atoms with Crippen LogP contribution in [0.4, 0.5) is 4.39 Å². The average molecular weight is 595 g/mol. The molecule has 226 valence electrons. The molecule has 3 amide bonds. The van der Waals surface area contributed by atoms with Crippen molar-refractivity contribution in [3.63, 3.8) is 0 Å². The third kappa shape index (κ3) is 4.13. The monoisotopic (exact) mass is 595 g/mol. The van der Waals surface area contributed by atoms with Crippen molar-refractivity contribution in [1.29, 1.82) is 0 Å². The summed E-state index contributed by atoms with van der Waals surface area (Å²) in [7, 11) is 0. The SMILES string of the molecule is O=C1c2cccc(OCc3c(O)c(O)c(O)c(CN4CCOCC4)c3F)c2CN1C1(O)C(=O)NC(=O)C(O)(O)C1(O)O. The van der Waals surface area contributed by atoms with Crippen molar-refractivity contribution < 1.29 is 69.1 Å². The van der Waals surface area contributed by atoms with Crippen LogP contribution >= 0.6 is 0 Å². The van der Waals surface area contributed by atoms with Gasteiger partial charge in [0.25, 0.3) is 29.2 Å². The summed E-state index contributed by atoms with van der Waals surface area (Å²) in [5.41, 5.74) is -5.00. The van der Waals surface area contributed by atoms with Gasteiger partial charge >= 0.3 is 5.79 Å². The second-order valence-electron chi connectivity index (χ2n) is 9.97. The Morgan fingerprint density at radius 1 is 0.929 bits per heavy atom. The Kier molecular flexibility index (Phi) is 7.01. The molecule has 0 aliphatic carbocycles. The minimum absolute atomic E-state index is 0.0886. The van der Waals surface area contributed by atoms with Gasteiger partial charge < -0.3 is 50.3 Å². The van der Waals surface area contributed by atoms with Crippen LogP contribution < -0.4 is 10.1 Å². The number of nitrogens with one attached hydrogen (secondary N) is 1. The van der Waals surface area contributed by atoms with Gasteiger partial charge in [-0.2, -0.15) is 0 Å². The summed E-state index contributed by atoms with van der Waals surface area (Å²) in [6.45, 7) is -0.114. The van der Waals surface area contributed by atoms with Crippen molar-refractivity contribution in [2.75, 3.05) is 26.3 Å². The normalized spacial score (nSPS) is 23.6. The van der Waals surface area contributed by atoms with Gasteiger partial charge in [-0.1, -0.05) is 6.07 Å². The van der Waals surface area contributed by atoms with Crippen LogP contribution in [0.3, 0.4) is 0 Å². The van der Waals surface area contributed by atoms with Gasteiger partial charge in [-0.3, -0.25) is 29.5 Å². The largest absolute Gasteiger partial charge is 0.504 e. The maximum atomic E-state index is 15.5. The standard InChI is InChI=1S/C25H26FN3O13/c26-16-13(8-28-4-6-41-7-5-28)17(30)19(32)18(31)14(16)10-42-15-3-1-2-11-12(15)9-29(20(11)33)23(36)21(34)27-22(35)24(37,38)25(23,39)40/h1-3,30-32,36-40H,4-10H2,(H,27,34,35). The quantitative estimate of drug-likeness (QED) is 0.0918. The summed E-state index contributed by atoms with van der Waals surface area (Å²) >= 11 is 0. The molecule has 2 aromatic rings. The summed E-state index contributed by atoms with van der Waals surface area (Å²) in [6, 6.07) is 3.76. The number of phenolic OH excluding ortho intramolecular Hbond substituents is 3. The molecule has 1 atom stereocenters. The zero-order valence-corrected chi connectivity index (χ0v) is 21.6. The van der Waals surface area contributed by atoms with Crippen LogP contribution in [0.1, 0.15) is 27.0 Å². The predicted molar refractivity (Wildman–Crippen MR) is 131 cm³/mol. The Hall–Kier alpha value is -4.10. The minimum Gasteiger partial charge on any atom is -0.504 e. The van der Waals surface area contributed by atoms with Gasteiger partial charge in [0.15, 0.2) is 11.5 Å². The predicted octanol–water partition coefficient (Wildman–Crippen LogP) is -2.98. The highest BCUT2D eigenvalue weighted by Crippen LogP contribution is 2.45. The fourth-order valence-corrected chi connectivity index (χ4v) is 5.05. The summed E-state index contributed by atoms with van der Waals surface area (Å²) in [6.07, 6.45) is 0. The number of hydrogen-bond donors (Lipinski definition) is 9. The highest BCUT2D eigenvalue weighted by atomic mass is 19.1. The van der Waals surface area contributed by atoms with E-state index in [1.807, 2.05) is 0 Å². The van der Waals surface area contributed by atoms with Crippen LogP contribution in [-0.4, -0.2) is 112 Å². The molecule has 1 unspecified atom stereocenters. The second kappa shape index (κ2) is 10.0. The molecule has 17 heteroatoms. The molecule has 3 heterocycles. The number of ether oxygens (including phenoxy) is 2. The van der Waals surface area contributed by atoms with Gasteiger partial charge in [0.2, 0.25) is 5.75 Å². The van der Waals surface area contributed by atoms with E-state index in [0.29, 0.717) is 26.3 Å². The molecule has 5 rings (SSSR count). The number of fused-ring (bicyclic) bond motifs is 1. The van der Waals surface area contributed by atoms with Crippen molar-refractivity contribution in [1.82, 2.24) is 15.1 Å². The summed E-state index contributed by atoms with van der Waals surface area (Å²) in [4.78, 5) is 39.4. The van der Waals surface area contributed by atoms with Crippen molar-refractivity contribution in [2.24, 2.45) is 0 Å². The Labute approximate surface area is 235 Å². The Morgan fingerprint density at radius 2 is 1.57 bits per heavy atom. The highest BCUT2D eigenvalue weighted by molar-refractivity contribution is 6.10. The number of rotatable bonds is 6. The van der Waals surface area contributed by atoms with Crippen molar-refractivity contribution in [2.45, 2.75) is 37.0 Å². The van der Waals surface area contributed by atoms with Crippen LogP contribution in [0, 0.1) is 5.82 Å². The van der Waals surface area contributed by atoms with E-state index in [-0.39, 0.29) is 33.9 Å². The van der Waals surface area contributed by atoms with Crippen molar-refractivity contribution >= 4 is 17.7 Å². The van der Waals surface area contributed by atoms with E-state index in [2.05, 4.69) is 0 Å². The zero-order chi connectivity index (χ0) is 30.8. The van der Waals surface area contributed by atoms with Gasteiger partial charge in [0.05, 0.1) is 25.3 Å². The Morgan fingerprint density at radius 3 is 2.24 bits per heavy atom. The topological polar surface area (TPSA) is 250 Å². The van der Waals surface area contributed by atoms with Crippen LogP contribution in [0.5, 0.6) is 23.0 Å². The molecule has 9 N–H and O–H groups in total. The van der Waals surface area contributed by atoms with Crippen LogP contribution in [-0.2, 0) is 34.0 Å². The summed E-state index contributed by atoms with van der Waals surface area (Å²) in [5.74, 6) is -17.6. The molecule has 2 fully saturated rings. The number of morpholine rings is 1. The van der Waals surface area contributed by atoms with Gasteiger partial charge in [-0.25, -0.2) is 4.39 Å². The number of aliphatic hydroxyl groups is 5. The third-order valence-electron chi connectivity index (χ3n) is 7.56. The van der Waals surface area contributed by atoms with Gasteiger partial charge in [0, 0.05) is 36.3 Å². The molecule has 0 bridgehead atoms. The lowest BCUT2D eigenvalue weighted by molar-refractivity contribution is -0.407. The molecular weight excluding hydrogens is 569 g/mol. The number of aromatic hydroxyl groups is 3. The fraction of sp³-hybridized carbons (Fsp3) is 0.400. The number of hydrogen-bond acceptors (Lipinski definition) is 14. The lowest BCUT2D eigenvalue weighted by Crippen LogP contribution is -2.85. The molecule has 2 aromatic carbocycles. The van der Waals surface area contributed by atoms with Crippen molar-refractivity contribution in [3.05, 3.63) is 46.3 Å². The van der Waals surface area contributed by atoms with E-state index < -0.39 is 76.8 Å². The molecule has 3 aliphatic heterocycles. The minimum atomic E-state index is -4.30. The fourth-order valence-electron chi connectivity index (χ4n) is 5.05. The smallest absolute Gasteiger partial charge is 0.306 e. The second-order valence-corrected chi connectivity index (χ2v) is 9.97. The van der Waals surface area contributed by atoms with Crippen molar-refractivity contribution in [3.8, 4) is 23.0 Å². The molecule has 16 nitrogen and oxygen atoms in total. The van der Waals surface area contributed by atoms with E-state index in [0.717, 1.165) is 0 Å². The number of halogens is 1. The van der Waals surface area contributed by atoms with Gasteiger partial charge in [0.1, 0.15) is 18.2 Å². The van der Waals surface area contributed by atoms with Crippen LogP contribution in [0.15, 0.2) is 18.2 Å². The molecule has 0 spiro atoms. The number of imide groups is 1. The first-order chi connectivity index (χ1) is 19.6. The number of carbonyl (C=O) groups is 3. The van der Waals surface area contributed by atoms with E-state index in [1.165, 1.54) is 23.5 Å². The first-order valence-electron chi connectivity index (χ1n) is 12.4. The van der Waals surface area contributed by atoms with Gasteiger partial charge in [-0.15, -0.1) is 0 Å². The lowest BCUT2D eigenvalue weighted by Gasteiger charge is -2.50. The summed E-state index contributed by atoms with van der Waals surface area (Å²) in [5, 5.41) is 83.9. The van der Waals surface area contributed by atoms with E-state index in [4.69, 9.17) is 9.47 Å². The molecule has 0 aromatic heterocycles. The average Bonchev–Trinajstić information content (AvgIpc) is 3.30. The number of nitrogens with zero attached hydrogens (tertiary/aromatic N) is 2. The van der Waals surface area contributed by atoms with Crippen LogP contribution in [0.25, 0.3) is 0 Å². The molecule has 3 aliphatic rings. The maximum absolute atomic E-state index is 15.5. The molecular formula is C25H26FN3O13. The maximum Gasteiger partial charge on any atom is 0.306 e. The molecule has 0 saturated carbocycles. The van der Waals surface area contributed by atoms with E-state index in [1.54, 1.807) is 4.90 Å². The molecule has 2 saturated heterocycles. The zero-order valence-electron chi connectivity index (χ0n) is 21.6. The summed E-state index contributed by atoms with van der Waals surface area (Å²) < 4.78 is 26.4. The third-order valence-corrected chi connectivity index (χ3v) is 7.56. The van der Waals surface area contributed by atoms with Gasteiger partial charge in [-0.05, 0) is 12.1 Å². The number of amides is 3. The first-order valence-corrected chi connectivity index (χ1v) is 12.4.